The zero-order valence-electron chi connectivity index (χ0n) is 23.3. The molecule has 40 heavy (non-hydrogen) atoms. The molecule has 0 amide bonds. The number of ether oxygens (including phenoxy) is 5. The van der Waals surface area contributed by atoms with Crippen LogP contribution in [0.3, 0.4) is 0 Å². The number of furan rings is 2. The monoisotopic (exact) mass is 558 g/mol. The lowest BCUT2D eigenvalue weighted by Gasteiger charge is -2.62. The highest BCUT2D eigenvalue weighted by Crippen LogP contribution is 2.68. The highest BCUT2D eigenvalue weighted by molar-refractivity contribution is 5.87. The molecular weight excluding hydrogens is 524 g/mol. The molecule has 5 rings (SSSR count). The van der Waals surface area contributed by atoms with E-state index in [1.54, 1.807) is 19.1 Å². The minimum atomic E-state index is -1.34. The molecule has 0 N–H and O–H groups in total. The van der Waals surface area contributed by atoms with Gasteiger partial charge in [0.25, 0.3) is 0 Å². The van der Waals surface area contributed by atoms with Gasteiger partial charge in [-0.3, -0.25) is 9.59 Å². The van der Waals surface area contributed by atoms with E-state index >= 15 is 0 Å². The van der Waals surface area contributed by atoms with Crippen LogP contribution in [-0.2, 0) is 33.3 Å². The molecule has 216 valence electrons. The lowest BCUT2D eigenvalue weighted by molar-refractivity contribution is -0.296. The maximum Gasteiger partial charge on any atom is 0.374 e. The number of fused-ring (bicyclic) bond motifs is 1. The largest absolute Gasteiger partial charge is 0.462 e. The molecule has 2 saturated carbocycles. The second-order valence-corrected chi connectivity index (χ2v) is 11.6. The van der Waals surface area contributed by atoms with Gasteiger partial charge in [0.15, 0.2) is 6.10 Å². The van der Waals surface area contributed by atoms with Gasteiger partial charge in [0.1, 0.15) is 23.9 Å². The fourth-order valence-electron chi connectivity index (χ4n) is 7.39. The Labute approximate surface area is 231 Å². The molecule has 3 heterocycles. The minimum absolute atomic E-state index is 0.00860. The van der Waals surface area contributed by atoms with Crippen molar-refractivity contribution in [3.8, 4) is 0 Å². The average molecular weight is 559 g/mol. The van der Waals surface area contributed by atoms with Crippen molar-refractivity contribution in [1.82, 2.24) is 0 Å². The van der Waals surface area contributed by atoms with Gasteiger partial charge in [0.2, 0.25) is 11.5 Å². The summed E-state index contributed by atoms with van der Waals surface area (Å²) in [6.07, 6.45) is -0.448. The summed E-state index contributed by atoms with van der Waals surface area (Å²) in [7, 11) is 0. The Bertz CT molecular complexity index is 1280. The minimum Gasteiger partial charge on any atom is -0.462 e. The summed E-state index contributed by atoms with van der Waals surface area (Å²) in [5, 5.41) is 0. The predicted octanol–water partition coefficient (Wildman–Crippen LogP) is 4.10. The third kappa shape index (κ3) is 4.13. The molecule has 1 spiro atoms. The molecule has 0 radical (unpaired) electrons. The Kier molecular flexibility index (Phi) is 6.84. The summed E-state index contributed by atoms with van der Waals surface area (Å²) in [4.78, 5) is 51.6. The summed E-state index contributed by atoms with van der Waals surface area (Å²) in [5.41, 5.74) is -3.68. The molecule has 11 heteroatoms. The highest BCUT2D eigenvalue weighted by atomic mass is 16.6. The highest BCUT2D eigenvalue weighted by Gasteiger charge is 2.82. The van der Waals surface area contributed by atoms with E-state index in [0.29, 0.717) is 12.8 Å². The van der Waals surface area contributed by atoms with Crippen molar-refractivity contribution in [3.05, 3.63) is 48.3 Å². The third-order valence-electron chi connectivity index (χ3n) is 8.85. The SMILES string of the molecule is CC(=O)O[C@@H]1[C@@H]2[C@@H](OC(=O)c3ccco3)[C@]3(OC2(C)C)[C@H](C)CC[C@H](OC(C)=O)[C@@]3(C)[C@H]1OC(=O)c1ccco1. The first kappa shape index (κ1) is 27.9. The Morgan fingerprint density at radius 3 is 1.85 bits per heavy atom. The average Bonchev–Trinajstić information content (AvgIpc) is 3.62. The van der Waals surface area contributed by atoms with Crippen LogP contribution in [0.2, 0.25) is 0 Å². The second-order valence-electron chi connectivity index (χ2n) is 11.6. The molecule has 1 saturated heterocycles. The lowest BCUT2D eigenvalue weighted by atomic mass is 9.48. The smallest absolute Gasteiger partial charge is 0.374 e. The van der Waals surface area contributed by atoms with Crippen LogP contribution in [0.5, 0.6) is 0 Å². The molecule has 2 aromatic heterocycles. The van der Waals surface area contributed by atoms with Crippen molar-refractivity contribution < 1.29 is 51.7 Å². The Balaban J connectivity index is 1.72. The van der Waals surface area contributed by atoms with E-state index in [0.717, 1.165) is 0 Å². The molecule has 0 aromatic carbocycles. The van der Waals surface area contributed by atoms with E-state index in [1.165, 1.54) is 38.5 Å². The van der Waals surface area contributed by atoms with E-state index in [4.69, 9.17) is 32.5 Å². The van der Waals surface area contributed by atoms with Gasteiger partial charge in [0, 0.05) is 13.8 Å². The van der Waals surface area contributed by atoms with Crippen LogP contribution in [0, 0.1) is 17.3 Å². The number of esters is 4. The number of carbonyl (C=O) groups is 4. The Morgan fingerprint density at radius 1 is 0.800 bits per heavy atom. The lowest BCUT2D eigenvalue weighted by Crippen LogP contribution is -2.76. The number of rotatable bonds is 6. The summed E-state index contributed by atoms with van der Waals surface area (Å²) < 4.78 is 41.6. The standard InChI is InChI=1S/C29H34O11/c1-15-11-12-20(36-16(2)30)28(6)24(39-26(33)19-10-8-14-35-19)22(37-17(3)31)21-23(29(15,28)40-27(21,4)5)38-25(32)18-9-7-13-34-18/h7-10,13-15,20-24H,11-12H2,1-6H3/t15-,20+,21-,22-,23-,24+,28+,29-/m1/s1. The first-order valence-electron chi connectivity index (χ1n) is 13.4. The molecule has 1 aliphatic heterocycles. The normalized spacial score (nSPS) is 35.8. The quantitative estimate of drug-likeness (QED) is 0.374. The van der Waals surface area contributed by atoms with E-state index in [9.17, 15) is 19.2 Å². The zero-order chi connectivity index (χ0) is 29.0. The van der Waals surface area contributed by atoms with Gasteiger partial charge in [-0.2, -0.15) is 0 Å². The summed E-state index contributed by atoms with van der Waals surface area (Å²) in [6, 6.07) is 6.06. The summed E-state index contributed by atoms with van der Waals surface area (Å²) >= 11 is 0. The van der Waals surface area contributed by atoms with E-state index in [-0.39, 0.29) is 17.4 Å². The van der Waals surface area contributed by atoms with Crippen LogP contribution in [-0.4, -0.2) is 59.5 Å². The molecule has 0 unspecified atom stereocenters. The van der Waals surface area contributed by atoms with Gasteiger partial charge in [-0.15, -0.1) is 0 Å². The van der Waals surface area contributed by atoms with Crippen LogP contribution in [0.1, 0.15) is 75.5 Å². The van der Waals surface area contributed by atoms with Crippen molar-refractivity contribution in [3.63, 3.8) is 0 Å². The first-order valence-corrected chi connectivity index (χ1v) is 13.4. The van der Waals surface area contributed by atoms with Gasteiger partial charge >= 0.3 is 23.9 Å². The van der Waals surface area contributed by atoms with Crippen LogP contribution in [0.15, 0.2) is 45.6 Å². The van der Waals surface area contributed by atoms with Crippen molar-refractivity contribution in [2.75, 3.05) is 0 Å². The van der Waals surface area contributed by atoms with Gasteiger partial charge in [-0.05, 0) is 63.8 Å². The molecule has 8 atom stereocenters. The first-order chi connectivity index (χ1) is 18.8. The second kappa shape index (κ2) is 9.79. The molecule has 3 aliphatic rings. The molecule has 3 fully saturated rings. The molecule has 2 aromatic rings. The summed E-state index contributed by atoms with van der Waals surface area (Å²) in [5.74, 6) is -3.77. The molecular formula is C29H34O11. The Hall–Kier alpha value is -3.60. The third-order valence-corrected chi connectivity index (χ3v) is 8.85. The maximum atomic E-state index is 13.3. The van der Waals surface area contributed by atoms with Crippen LogP contribution in [0.25, 0.3) is 0 Å². The van der Waals surface area contributed by atoms with Crippen molar-refractivity contribution in [2.45, 2.75) is 90.0 Å². The number of hydrogen-bond donors (Lipinski definition) is 0. The molecule has 2 aliphatic carbocycles. The number of hydrogen-bond acceptors (Lipinski definition) is 11. The van der Waals surface area contributed by atoms with Crippen LogP contribution < -0.4 is 0 Å². The van der Waals surface area contributed by atoms with Gasteiger partial charge in [-0.25, -0.2) is 9.59 Å². The maximum absolute atomic E-state index is 13.3. The van der Waals surface area contributed by atoms with Gasteiger partial charge in [0.05, 0.1) is 29.5 Å². The summed E-state index contributed by atoms with van der Waals surface area (Å²) in [6.45, 7) is 9.91. The molecule has 11 nitrogen and oxygen atoms in total. The van der Waals surface area contributed by atoms with E-state index < -0.39 is 70.8 Å². The van der Waals surface area contributed by atoms with Gasteiger partial charge in [-0.1, -0.05) is 6.92 Å². The molecule has 2 bridgehead atoms. The van der Waals surface area contributed by atoms with Crippen LogP contribution in [0.4, 0.5) is 0 Å². The fraction of sp³-hybridized carbons (Fsp3) is 0.586. The topological polar surface area (TPSA) is 141 Å². The van der Waals surface area contributed by atoms with Crippen molar-refractivity contribution in [1.29, 1.82) is 0 Å². The van der Waals surface area contributed by atoms with E-state index in [2.05, 4.69) is 0 Å². The van der Waals surface area contributed by atoms with Gasteiger partial charge < -0.3 is 32.5 Å². The Morgan fingerprint density at radius 2 is 1.35 bits per heavy atom. The van der Waals surface area contributed by atoms with Crippen molar-refractivity contribution in [2.24, 2.45) is 17.3 Å². The van der Waals surface area contributed by atoms with Crippen molar-refractivity contribution >= 4 is 23.9 Å². The predicted molar refractivity (Wildman–Crippen MR) is 135 cm³/mol. The van der Waals surface area contributed by atoms with Crippen LogP contribution >= 0.6 is 0 Å². The number of carbonyl (C=O) groups excluding carboxylic acids is 4. The van der Waals surface area contributed by atoms with E-state index in [1.807, 2.05) is 20.8 Å². The zero-order valence-corrected chi connectivity index (χ0v) is 23.3. The fourth-order valence-corrected chi connectivity index (χ4v) is 7.39.